The van der Waals surface area contributed by atoms with Crippen molar-refractivity contribution in [2.24, 2.45) is 0 Å². The number of amides is 1. The molecular weight excluding hydrogens is 405 g/mol. The summed E-state index contributed by atoms with van der Waals surface area (Å²) in [5, 5.41) is 15.0. The van der Waals surface area contributed by atoms with Gasteiger partial charge in [0.05, 0.1) is 29.3 Å². The fraction of sp³-hybridized carbons (Fsp3) is 0.136. The zero-order chi connectivity index (χ0) is 21.3. The molecule has 0 unspecified atom stereocenters. The predicted octanol–water partition coefficient (Wildman–Crippen LogP) is 4.98. The van der Waals surface area contributed by atoms with Crippen molar-refractivity contribution in [2.45, 2.75) is 20.4 Å². The molecule has 4 rings (SSSR count). The zero-order valence-corrected chi connectivity index (χ0v) is 17.2. The number of carbonyl (C=O) groups excluding carboxylic acids is 1. The Morgan fingerprint density at radius 1 is 1.17 bits per heavy atom. The summed E-state index contributed by atoms with van der Waals surface area (Å²) in [7, 11) is 0. The molecule has 0 aliphatic carbocycles. The summed E-state index contributed by atoms with van der Waals surface area (Å²) in [6, 6.07) is 15.3. The third kappa shape index (κ3) is 4.11. The molecule has 2 heterocycles. The molecule has 1 amide bonds. The molecular formula is C22H19ClFN5O. The standard InChI is InChI=1S/C22H19ClFN5O/c1-13-21(14(2)29(28-13)12-15-4-3-5-18(24)10-15)25-22(30)20-11-19(26-27-20)16-6-8-17(23)9-7-16/h3-11H,12H2,1-2H3,(H,25,30)(H,26,27). The Bertz CT molecular complexity index is 1210. The Hall–Kier alpha value is -3.45. The van der Waals surface area contributed by atoms with Crippen molar-refractivity contribution in [3.8, 4) is 11.3 Å². The van der Waals surface area contributed by atoms with Gasteiger partial charge in [0.2, 0.25) is 0 Å². The van der Waals surface area contributed by atoms with Gasteiger partial charge < -0.3 is 5.32 Å². The summed E-state index contributed by atoms with van der Waals surface area (Å²) in [5.41, 5.74) is 4.70. The topological polar surface area (TPSA) is 75.6 Å². The van der Waals surface area contributed by atoms with Crippen molar-refractivity contribution in [3.05, 3.63) is 88.1 Å². The molecule has 0 aliphatic heterocycles. The molecule has 0 fully saturated rings. The molecule has 4 aromatic rings. The highest BCUT2D eigenvalue weighted by molar-refractivity contribution is 6.30. The van der Waals surface area contributed by atoms with Crippen LogP contribution in [0.5, 0.6) is 0 Å². The lowest BCUT2D eigenvalue weighted by molar-refractivity contribution is 0.102. The van der Waals surface area contributed by atoms with Gasteiger partial charge in [0.1, 0.15) is 11.5 Å². The number of aryl methyl sites for hydroxylation is 1. The Kier molecular flexibility index (Phi) is 5.37. The van der Waals surface area contributed by atoms with Gasteiger partial charge in [-0.05, 0) is 49.7 Å². The fourth-order valence-corrected chi connectivity index (χ4v) is 3.35. The van der Waals surface area contributed by atoms with Crippen LogP contribution in [0.4, 0.5) is 10.1 Å². The number of nitrogens with one attached hydrogen (secondary N) is 2. The Labute approximate surface area is 177 Å². The predicted molar refractivity (Wildman–Crippen MR) is 114 cm³/mol. The normalized spacial score (nSPS) is 10.9. The molecule has 0 aliphatic rings. The minimum Gasteiger partial charge on any atom is -0.318 e. The maximum Gasteiger partial charge on any atom is 0.273 e. The average molecular weight is 424 g/mol. The number of nitrogens with zero attached hydrogens (tertiary/aromatic N) is 3. The molecule has 0 saturated carbocycles. The van der Waals surface area contributed by atoms with Gasteiger partial charge in [-0.3, -0.25) is 14.6 Å². The number of hydrogen-bond donors (Lipinski definition) is 2. The third-order valence-corrected chi connectivity index (χ3v) is 5.06. The molecule has 8 heteroatoms. The average Bonchev–Trinajstić information content (AvgIpc) is 3.30. The summed E-state index contributed by atoms with van der Waals surface area (Å²) < 4.78 is 15.2. The molecule has 0 atom stereocenters. The van der Waals surface area contributed by atoms with E-state index in [9.17, 15) is 9.18 Å². The van der Waals surface area contributed by atoms with Gasteiger partial charge in [0.15, 0.2) is 0 Å². The quantitative estimate of drug-likeness (QED) is 0.475. The maximum atomic E-state index is 13.5. The number of rotatable bonds is 5. The second-order valence-corrected chi connectivity index (χ2v) is 7.40. The van der Waals surface area contributed by atoms with E-state index in [0.717, 1.165) is 16.8 Å². The Morgan fingerprint density at radius 2 is 1.93 bits per heavy atom. The second kappa shape index (κ2) is 8.12. The van der Waals surface area contributed by atoms with Crippen molar-refractivity contribution >= 4 is 23.2 Å². The lowest BCUT2D eigenvalue weighted by Crippen LogP contribution is -2.14. The fourth-order valence-electron chi connectivity index (χ4n) is 3.23. The molecule has 2 N–H and O–H groups in total. The highest BCUT2D eigenvalue weighted by Gasteiger charge is 2.17. The van der Waals surface area contributed by atoms with Gasteiger partial charge in [-0.1, -0.05) is 35.9 Å². The van der Waals surface area contributed by atoms with Gasteiger partial charge in [-0.2, -0.15) is 10.2 Å². The summed E-state index contributed by atoms with van der Waals surface area (Å²) in [4.78, 5) is 12.7. The number of H-pyrrole nitrogens is 1. The van der Waals surface area contributed by atoms with Crippen LogP contribution in [0.1, 0.15) is 27.4 Å². The number of aromatic nitrogens is 4. The van der Waals surface area contributed by atoms with Crippen LogP contribution in [0.2, 0.25) is 5.02 Å². The first-order valence-electron chi connectivity index (χ1n) is 9.32. The third-order valence-electron chi connectivity index (χ3n) is 4.80. The maximum absolute atomic E-state index is 13.5. The van der Waals surface area contributed by atoms with Gasteiger partial charge in [0.25, 0.3) is 5.91 Å². The summed E-state index contributed by atoms with van der Waals surface area (Å²) in [6.45, 7) is 4.09. The lowest BCUT2D eigenvalue weighted by Gasteiger charge is -2.07. The van der Waals surface area contributed by atoms with E-state index >= 15 is 0 Å². The number of anilines is 1. The van der Waals surface area contributed by atoms with Crippen LogP contribution in [0, 0.1) is 19.7 Å². The van der Waals surface area contributed by atoms with Gasteiger partial charge in [0, 0.05) is 10.6 Å². The number of halogens is 2. The van der Waals surface area contributed by atoms with Crippen molar-refractivity contribution in [3.63, 3.8) is 0 Å². The first-order chi connectivity index (χ1) is 14.4. The lowest BCUT2D eigenvalue weighted by atomic mass is 10.1. The van der Waals surface area contributed by atoms with E-state index in [1.807, 2.05) is 32.0 Å². The smallest absolute Gasteiger partial charge is 0.273 e. The Balaban J connectivity index is 1.52. The van der Waals surface area contributed by atoms with Crippen LogP contribution in [0.25, 0.3) is 11.3 Å². The SMILES string of the molecule is Cc1nn(Cc2cccc(F)c2)c(C)c1NC(=O)c1cc(-c2ccc(Cl)cc2)n[nH]1. The van der Waals surface area contributed by atoms with Gasteiger partial charge in [-0.25, -0.2) is 4.39 Å². The van der Waals surface area contributed by atoms with E-state index < -0.39 is 0 Å². The molecule has 0 saturated heterocycles. The van der Waals surface area contributed by atoms with E-state index in [4.69, 9.17) is 11.6 Å². The highest BCUT2D eigenvalue weighted by Crippen LogP contribution is 2.23. The van der Waals surface area contributed by atoms with Gasteiger partial charge in [-0.15, -0.1) is 0 Å². The molecule has 2 aromatic carbocycles. The molecule has 6 nitrogen and oxygen atoms in total. The van der Waals surface area contributed by atoms with E-state index in [1.54, 1.807) is 28.9 Å². The van der Waals surface area contributed by atoms with E-state index in [2.05, 4.69) is 20.6 Å². The number of hydrogen-bond acceptors (Lipinski definition) is 3. The molecule has 152 valence electrons. The first-order valence-corrected chi connectivity index (χ1v) is 9.69. The Morgan fingerprint density at radius 3 is 2.67 bits per heavy atom. The zero-order valence-electron chi connectivity index (χ0n) is 16.4. The van der Waals surface area contributed by atoms with Gasteiger partial charge >= 0.3 is 0 Å². The minimum atomic E-state index is -0.320. The molecule has 2 aromatic heterocycles. The van der Waals surface area contributed by atoms with Crippen molar-refractivity contribution in [1.82, 2.24) is 20.0 Å². The summed E-state index contributed by atoms with van der Waals surface area (Å²) in [6.07, 6.45) is 0. The van der Waals surface area contributed by atoms with Crippen molar-refractivity contribution in [2.75, 3.05) is 5.32 Å². The van der Waals surface area contributed by atoms with E-state index in [-0.39, 0.29) is 11.7 Å². The highest BCUT2D eigenvalue weighted by atomic mass is 35.5. The van der Waals surface area contributed by atoms with Crippen molar-refractivity contribution in [1.29, 1.82) is 0 Å². The van der Waals surface area contributed by atoms with Crippen LogP contribution in [-0.4, -0.2) is 25.9 Å². The second-order valence-electron chi connectivity index (χ2n) is 6.96. The molecule has 0 spiro atoms. The van der Waals surface area contributed by atoms with E-state index in [1.165, 1.54) is 12.1 Å². The summed E-state index contributed by atoms with van der Waals surface area (Å²) in [5.74, 6) is -0.613. The number of carbonyl (C=O) groups is 1. The van der Waals surface area contributed by atoms with Crippen LogP contribution < -0.4 is 5.32 Å². The number of aromatic amines is 1. The molecule has 0 bridgehead atoms. The summed E-state index contributed by atoms with van der Waals surface area (Å²) >= 11 is 5.92. The largest absolute Gasteiger partial charge is 0.318 e. The van der Waals surface area contributed by atoms with Crippen molar-refractivity contribution < 1.29 is 9.18 Å². The van der Waals surface area contributed by atoms with Crippen LogP contribution in [-0.2, 0) is 6.54 Å². The first kappa shape index (κ1) is 19.8. The van der Waals surface area contributed by atoms with E-state index in [0.29, 0.717) is 34.3 Å². The monoisotopic (exact) mass is 423 g/mol. The van der Waals surface area contributed by atoms with Crippen LogP contribution >= 0.6 is 11.6 Å². The van der Waals surface area contributed by atoms with Crippen LogP contribution in [0.15, 0.2) is 54.6 Å². The van der Waals surface area contributed by atoms with Crippen LogP contribution in [0.3, 0.4) is 0 Å². The minimum absolute atomic E-state index is 0.293. The number of benzene rings is 2. The molecule has 0 radical (unpaired) electrons. The molecule has 30 heavy (non-hydrogen) atoms.